The average molecular weight is 484 g/mol. The van der Waals surface area contributed by atoms with Gasteiger partial charge in [-0.15, -0.1) is 0 Å². The zero-order chi connectivity index (χ0) is 24.9. The van der Waals surface area contributed by atoms with Gasteiger partial charge in [-0.3, -0.25) is 4.79 Å². The largest absolute Gasteiger partial charge is 0.324 e. The average Bonchev–Trinajstić information content (AvgIpc) is 2.89. The Bertz CT molecular complexity index is 1290. The third-order valence-corrected chi connectivity index (χ3v) is 7.07. The SMILES string of the molecule is CCCCC1=C(C)C(=O)N(Cc2ccccc2Cl)C(C)N1c1ccc(-c2ccccc2C#N)cc1. The summed E-state index contributed by atoms with van der Waals surface area (Å²) in [5, 5.41) is 10.2. The molecule has 4 rings (SSSR count). The van der Waals surface area contributed by atoms with E-state index in [-0.39, 0.29) is 12.1 Å². The summed E-state index contributed by atoms with van der Waals surface area (Å²) >= 11 is 6.44. The van der Waals surface area contributed by atoms with E-state index in [4.69, 9.17) is 11.6 Å². The summed E-state index contributed by atoms with van der Waals surface area (Å²) in [7, 11) is 0. The van der Waals surface area contributed by atoms with E-state index in [2.05, 4.69) is 49.1 Å². The molecular weight excluding hydrogens is 454 g/mol. The fourth-order valence-electron chi connectivity index (χ4n) is 4.73. The predicted molar refractivity (Wildman–Crippen MR) is 143 cm³/mol. The summed E-state index contributed by atoms with van der Waals surface area (Å²) < 4.78 is 0. The van der Waals surface area contributed by atoms with Gasteiger partial charge in [-0.25, -0.2) is 0 Å². The standard InChI is InChI=1S/C30H30ClN3O/c1-4-5-14-29-21(2)30(35)33(20-25-11-7-9-13-28(25)31)22(3)34(29)26-17-15-23(16-18-26)27-12-8-6-10-24(27)19-32/h6-13,15-18,22H,4-5,14,20H2,1-3H3. The molecule has 178 valence electrons. The summed E-state index contributed by atoms with van der Waals surface area (Å²) in [5.41, 5.74) is 6.38. The summed E-state index contributed by atoms with van der Waals surface area (Å²) in [6, 6.07) is 25.9. The second kappa shape index (κ2) is 10.8. The van der Waals surface area contributed by atoms with E-state index >= 15 is 0 Å². The molecule has 0 saturated heterocycles. The lowest BCUT2D eigenvalue weighted by Gasteiger charge is -2.45. The molecule has 1 aliphatic rings. The first-order valence-electron chi connectivity index (χ1n) is 12.1. The molecule has 1 aliphatic heterocycles. The Morgan fingerprint density at radius 2 is 1.69 bits per heavy atom. The van der Waals surface area contributed by atoms with Crippen LogP contribution < -0.4 is 4.90 Å². The molecule has 4 nitrogen and oxygen atoms in total. The van der Waals surface area contributed by atoms with Crippen LogP contribution in [0.4, 0.5) is 5.69 Å². The van der Waals surface area contributed by atoms with Gasteiger partial charge in [0.1, 0.15) is 6.17 Å². The number of anilines is 1. The lowest BCUT2D eigenvalue weighted by Crippen LogP contribution is -2.53. The Morgan fingerprint density at radius 3 is 2.37 bits per heavy atom. The molecule has 1 amide bonds. The molecule has 0 bridgehead atoms. The molecule has 0 fully saturated rings. The van der Waals surface area contributed by atoms with Crippen LogP contribution in [-0.4, -0.2) is 17.0 Å². The fourth-order valence-corrected chi connectivity index (χ4v) is 4.92. The van der Waals surface area contributed by atoms with Gasteiger partial charge in [-0.2, -0.15) is 5.26 Å². The summed E-state index contributed by atoms with van der Waals surface area (Å²) in [6.45, 7) is 6.62. The van der Waals surface area contributed by atoms with Crippen LogP contribution in [-0.2, 0) is 11.3 Å². The molecule has 3 aromatic rings. The second-order valence-corrected chi connectivity index (χ2v) is 9.31. The molecule has 0 aromatic heterocycles. The number of rotatable bonds is 7. The van der Waals surface area contributed by atoms with Crippen molar-refractivity contribution < 1.29 is 4.79 Å². The number of amides is 1. The van der Waals surface area contributed by atoms with Gasteiger partial charge >= 0.3 is 0 Å². The van der Waals surface area contributed by atoms with E-state index in [0.717, 1.165) is 52.9 Å². The van der Waals surface area contributed by atoms with Gasteiger partial charge in [-0.1, -0.05) is 73.5 Å². The zero-order valence-corrected chi connectivity index (χ0v) is 21.2. The van der Waals surface area contributed by atoms with Crippen LogP contribution in [0.1, 0.15) is 51.2 Å². The van der Waals surface area contributed by atoms with Gasteiger partial charge in [0.2, 0.25) is 0 Å². The maximum Gasteiger partial charge on any atom is 0.253 e. The van der Waals surface area contributed by atoms with Crippen molar-refractivity contribution in [3.63, 3.8) is 0 Å². The Balaban J connectivity index is 1.73. The summed E-state index contributed by atoms with van der Waals surface area (Å²) in [5.74, 6) is 0.0549. The molecule has 1 atom stereocenters. The van der Waals surface area contributed by atoms with Crippen LogP contribution in [0.3, 0.4) is 0 Å². The third-order valence-electron chi connectivity index (χ3n) is 6.70. The highest BCUT2D eigenvalue weighted by atomic mass is 35.5. The van der Waals surface area contributed by atoms with Gasteiger partial charge in [0.15, 0.2) is 0 Å². The van der Waals surface area contributed by atoms with Crippen LogP contribution in [0.2, 0.25) is 5.02 Å². The minimum atomic E-state index is -0.174. The Labute approximate surface area is 213 Å². The molecule has 0 radical (unpaired) electrons. The summed E-state index contributed by atoms with van der Waals surface area (Å²) in [4.78, 5) is 17.7. The number of nitriles is 1. The van der Waals surface area contributed by atoms with Gasteiger partial charge in [0.25, 0.3) is 5.91 Å². The smallest absolute Gasteiger partial charge is 0.253 e. The van der Waals surface area contributed by atoms with Gasteiger partial charge < -0.3 is 9.80 Å². The number of hydrogen-bond donors (Lipinski definition) is 0. The highest BCUT2D eigenvalue weighted by Crippen LogP contribution is 2.36. The molecule has 0 spiro atoms. The first kappa shape index (κ1) is 24.6. The number of benzene rings is 3. The van der Waals surface area contributed by atoms with Crippen LogP contribution in [0.5, 0.6) is 0 Å². The van der Waals surface area contributed by atoms with Gasteiger partial charge in [0.05, 0.1) is 11.6 Å². The van der Waals surface area contributed by atoms with Crippen molar-refractivity contribution in [2.45, 2.75) is 52.7 Å². The van der Waals surface area contributed by atoms with E-state index < -0.39 is 0 Å². The number of allylic oxidation sites excluding steroid dienone is 1. The van der Waals surface area contributed by atoms with Crippen molar-refractivity contribution in [1.82, 2.24) is 4.90 Å². The Morgan fingerprint density at radius 1 is 1.00 bits per heavy atom. The van der Waals surface area contributed by atoms with Crippen LogP contribution in [0, 0.1) is 11.3 Å². The van der Waals surface area contributed by atoms with E-state index in [1.807, 2.05) is 60.4 Å². The van der Waals surface area contributed by atoms with Crippen molar-refractivity contribution in [3.8, 4) is 17.2 Å². The van der Waals surface area contributed by atoms with Crippen molar-refractivity contribution in [2.75, 3.05) is 4.90 Å². The molecule has 3 aromatic carbocycles. The lowest BCUT2D eigenvalue weighted by atomic mass is 9.98. The predicted octanol–water partition coefficient (Wildman–Crippen LogP) is 7.54. The minimum Gasteiger partial charge on any atom is -0.324 e. The van der Waals surface area contributed by atoms with E-state index in [1.165, 1.54) is 0 Å². The highest BCUT2D eigenvalue weighted by molar-refractivity contribution is 6.31. The maximum absolute atomic E-state index is 13.5. The molecule has 1 heterocycles. The minimum absolute atomic E-state index is 0.0549. The highest BCUT2D eigenvalue weighted by Gasteiger charge is 2.36. The normalized spacial score (nSPS) is 16.0. The van der Waals surface area contributed by atoms with Crippen molar-refractivity contribution in [1.29, 1.82) is 5.26 Å². The summed E-state index contributed by atoms with van der Waals surface area (Å²) in [6.07, 6.45) is 2.74. The molecule has 5 heteroatoms. The van der Waals surface area contributed by atoms with Crippen molar-refractivity contribution in [3.05, 3.63) is 100 Å². The van der Waals surface area contributed by atoms with Crippen molar-refractivity contribution >= 4 is 23.2 Å². The topological polar surface area (TPSA) is 47.3 Å². The van der Waals surface area contributed by atoms with Crippen molar-refractivity contribution in [2.24, 2.45) is 0 Å². The fraction of sp³-hybridized carbons (Fsp3) is 0.267. The number of halogens is 1. The molecule has 0 aliphatic carbocycles. The second-order valence-electron chi connectivity index (χ2n) is 8.91. The van der Waals surface area contributed by atoms with E-state index in [0.29, 0.717) is 17.1 Å². The first-order valence-corrected chi connectivity index (χ1v) is 12.5. The lowest BCUT2D eigenvalue weighted by molar-refractivity contribution is -0.130. The van der Waals surface area contributed by atoms with Crippen LogP contribution in [0.25, 0.3) is 11.1 Å². The van der Waals surface area contributed by atoms with E-state index in [1.54, 1.807) is 0 Å². The Hall–Kier alpha value is -3.55. The number of unbranched alkanes of at least 4 members (excludes halogenated alkanes) is 1. The van der Waals surface area contributed by atoms with Gasteiger partial charge in [-0.05, 0) is 67.6 Å². The number of hydrogen-bond acceptors (Lipinski definition) is 3. The number of carbonyl (C=O) groups is 1. The first-order chi connectivity index (χ1) is 17.0. The van der Waals surface area contributed by atoms with Gasteiger partial charge in [0, 0.05) is 28.5 Å². The molecule has 35 heavy (non-hydrogen) atoms. The Kier molecular flexibility index (Phi) is 7.58. The number of nitrogens with zero attached hydrogens (tertiary/aromatic N) is 3. The van der Waals surface area contributed by atoms with E-state index in [9.17, 15) is 10.1 Å². The molecule has 1 unspecified atom stereocenters. The van der Waals surface area contributed by atoms with Crippen LogP contribution >= 0.6 is 11.6 Å². The zero-order valence-electron chi connectivity index (χ0n) is 20.5. The molecular formula is C30H30ClN3O. The number of carbonyl (C=O) groups excluding carboxylic acids is 1. The quantitative estimate of drug-likeness (QED) is 0.348. The monoisotopic (exact) mass is 483 g/mol. The molecule has 0 N–H and O–H groups in total. The maximum atomic E-state index is 13.5. The molecule has 0 saturated carbocycles. The van der Waals surface area contributed by atoms with Crippen LogP contribution in [0.15, 0.2) is 84.1 Å². The third kappa shape index (κ3) is 4.97.